The van der Waals surface area contributed by atoms with Crippen LogP contribution in [0, 0.1) is 5.82 Å². The SMILES string of the molecule is CCCOc1ccc(C2C(=C(O)c3ccc(F)cc3)C(=O)C(=O)N2CCCN(CC)CC)cc1OCC. The lowest BCUT2D eigenvalue weighted by molar-refractivity contribution is -0.140. The first-order chi connectivity index (χ1) is 17.9. The summed E-state index contributed by atoms with van der Waals surface area (Å²) in [7, 11) is 0. The van der Waals surface area contributed by atoms with Crippen molar-refractivity contribution in [2.24, 2.45) is 0 Å². The summed E-state index contributed by atoms with van der Waals surface area (Å²) in [5.41, 5.74) is 0.864. The Labute approximate surface area is 218 Å². The number of amides is 1. The zero-order chi connectivity index (χ0) is 26.9. The number of nitrogens with zero attached hydrogens (tertiary/aromatic N) is 2. The van der Waals surface area contributed by atoms with Gasteiger partial charge >= 0.3 is 0 Å². The molecule has 3 rings (SSSR count). The van der Waals surface area contributed by atoms with Crippen LogP contribution in [0.15, 0.2) is 48.0 Å². The summed E-state index contributed by atoms with van der Waals surface area (Å²) in [5.74, 6) is -1.15. The number of hydrogen-bond acceptors (Lipinski definition) is 6. The van der Waals surface area contributed by atoms with Crippen molar-refractivity contribution >= 4 is 17.4 Å². The summed E-state index contributed by atoms with van der Waals surface area (Å²) < 4.78 is 25.2. The fourth-order valence-corrected chi connectivity index (χ4v) is 4.52. The molecule has 200 valence electrons. The number of rotatable bonds is 13. The van der Waals surface area contributed by atoms with Gasteiger partial charge in [-0.05, 0) is 81.4 Å². The van der Waals surface area contributed by atoms with Crippen LogP contribution in [-0.2, 0) is 9.59 Å². The van der Waals surface area contributed by atoms with E-state index < -0.39 is 23.5 Å². The molecule has 1 atom stereocenters. The Hall–Kier alpha value is -3.39. The monoisotopic (exact) mass is 512 g/mol. The van der Waals surface area contributed by atoms with Crippen LogP contribution in [0.1, 0.15) is 57.7 Å². The first-order valence-corrected chi connectivity index (χ1v) is 13.0. The molecule has 1 N–H and O–H groups in total. The van der Waals surface area contributed by atoms with Crippen molar-refractivity contribution < 1.29 is 28.6 Å². The molecule has 8 heteroatoms. The van der Waals surface area contributed by atoms with Gasteiger partial charge < -0.3 is 24.4 Å². The van der Waals surface area contributed by atoms with Gasteiger partial charge in [-0.25, -0.2) is 4.39 Å². The summed E-state index contributed by atoms with van der Waals surface area (Å²) in [6.07, 6.45) is 1.50. The Morgan fingerprint density at radius 2 is 1.70 bits per heavy atom. The molecule has 7 nitrogen and oxygen atoms in total. The zero-order valence-corrected chi connectivity index (χ0v) is 22.1. The van der Waals surface area contributed by atoms with Crippen molar-refractivity contribution in [1.29, 1.82) is 0 Å². The van der Waals surface area contributed by atoms with Gasteiger partial charge in [0, 0.05) is 12.1 Å². The van der Waals surface area contributed by atoms with Crippen LogP contribution in [-0.4, -0.2) is 66.0 Å². The van der Waals surface area contributed by atoms with Gasteiger partial charge in [-0.1, -0.05) is 26.8 Å². The van der Waals surface area contributed by atoms with Crippen molar-refractivity contribution in [1.82, 2.24) is 9.80 Å². The number of aliphatic hydroxyl groups excluding tert-OH is 1. The zero-order valence-electron chi connectivity index (χ0n) is 22.1. The minimum absolute atomic E-state index is 0.0240. The Bertz CT molecular complexity index is 1110. The van der Waals surface area contributed by atoms with Gasteiger partial charge in [-0.2, -0.15) is 0 Å². The number of halogens is 1. The van der Waals surface area contributed by atoms with E-state index in [0.29, 0.717) is 43.2 Å². The fraction of sp³-hybridized carbons (Fsp3) is 0.448. The van der Waals surface area contributed by atoms with Gasteiger partial charge in [0.05, 0.1) is 24.8 Å². The van der Waals surface area contributed by atoms with Crippen molar-refractivity contribution in [2.45, 2.75) is 46.6 Å². The van der Waals surface area contributed by atoms with Gasteiger partial charge in [0.1, 0.15) is 11.6 Å². The number of ether oxygens (including phenoxy) is 2. The largest absolute Gasteiger partial charge is 0.507 e. The molecule has 1 fully saturated rings. The third-order valence-electron chi connectivity index (χ3n) is 6.47. The number of Topliss-reactive ketones (excluding diaryl/α,β-unsaturated/α-hetero) is 1. The molecule has 0 aliphatic carbocycles. The highest BCUT2D eigenvalue weighted by molar-refractivity contribution is 6.46. The highest BCUT2D eigenvalue weighted by Gasteiger charge is 2.46. The Morgan fingerprint density at radius 3 is 2.32 bits per heavy atom. The molecule has 2 aromatic rings. The molecular weight excluding hydrogens is 475 g/mol. The molecule has 1 heterocycles. The van der Waals surface area contributed by atoms with Crippen LogP contribution in [0.3, 0.4) is 0 Å². The van der Waals surface area contributed by atoms with E-state index in [4.69, 9.17) is 9.47 Å². The van der Waals surface area contributed by atoms with E-state index in [1.165, 1.54) is 29.2 Å². The molecule has 0 aromatic heterocycles. The number of aliphatic hydroxyl groups is 1. The highest BCUT2D eigenvalue weighted by atomic mass is 19.1. The number of hydrogen-bond donors (Lipinski definition) is 1. The van der Waals surface area contributed by atoms with E-state index in [1.807, 2.05) is 13.8 Å². The van der Waals surface area contributed by atoms with Crippen molar-refractivity contribution in [3.8, 4) is 11.5 Å². The van der Waals surface area contributed by atoms with Crippen LogP contribution in [0.2, 0.25) is 0 Å². The van der Waals surface area contributed by atoms with Crippen LogP contribution in [0.4, 0.5) is 4.39 Å². The van der Waals surface area contributed by atoms with E-state index in [2.05, 4.69) is 18.7 Å². The van der Waals surface area contributed by atoms with Gasteiger partial charge in [0.25, 0.3) is 11.7 Å². The van der Waals surface area contributed by atoms with Crippen molar-refractivity contribution in [3.63, 3.8) is 0 Å². The van der Waals surface area contributed by atoms with Crippen LogP contribution in [0.25, 0.3) is 5.76 Å². The Balaban J connectivity index is 2.08. The summed E-state index contributed by atoms with van der Waals surface area (Å²) in [5, 5.41) is 11.2. The first kappa shape index (κ1) is 28.2. The maximum absolute atomic E-state index is 13.5. The summed E-state index contributed by atoms with van der Waals surface area (Å²) in [4.78, 5) is 30.2. The van der Waals surface area contributed by atoms with Gasteiger partial charge in [0.2, 0.25) is 0 Å². The molecule has 1 unspecified atom stereocenters. The number of likely N-dealkylation sites (tertiary alicyclic amines) is 1. The van der Waals surface area contributed by atoms with E-state index in [9.17, 15) is 19.1 Å². The molecule has 0 radical (unpaired) electrons. The molecule has 37 heavy (non-hydrogen) atoms. The van der Waals surface area contributed by atoms with E-state index >= 15 is 0 Å². The van der Waals surface area contributed by atoms with E-state index in [0.717, 1.165) is 26.1 Å². The van der Waals surface area contributed by atoms with Crippen LogP contribution in [0.5, 0.6) is 11.5 Å². The number of carbonyl (C=O) groups excluding carboxylic acids is 2. The van der Waals surface area contributed by atoms with Crippen molar-refractivity contribution in [2.75, 3.05) is 39.4 Å². The summed E-state index contributed by atoms with van der Waals surface area (Å²) in [6.45, 7) is 11.9. The maximum atomic E-state index is 13.5. The number of carbonyl (C=O) groups is 2. The molecule has 1 aliphatic rings. The van der Waals surface area contributed by atoms with Crippen LogP contribution >= 0.6 is 0 Å². The van der Waals surface area contributed by atoms with E-state index in [-0.39, 0.29) is 16.9 Å². The predicted octanol–water partition coefficient (Wildman–Crippen LogP) is 5.17. The summed E-state index contributed by atoms with van der Waals surface area (Å²) in [6, 6.07) is 9.70. The number of benzene rings is 2. The van der Waals surface area contributed by atoms with Crippen molar-refractivity contribution in [3.05, 3.63) is 65.0 Å². The standard InChI is InChI=1S/C29H37FN2O5/c1-5-18-37-23-15-12-21(19-24(23)36-8-4)26-25(27(33)20-10-13-22(30)14-11-20)28(34)29(35)32(26)17-9-16-31(6-2)7-3/h10-15,19,26,33H,5-9,16-18H2,1-4H3. The lowest BCUT2D eigenvalue weighted by atomic mass is 9.95. The first-order valence-electron chi connectivity index (χ1n) is 13.0. The Kier molecular flexibility index (Phi) is 10.1. The topological polar surface area (TPSA) is 79.3 Å². The lowest BCUT2D eigenvalue weighted by Crippen LogP contribution is -2.33. The second-order valence-electron chi connectivity index (χ2n) is 8.87. The molecule has 1 saturated heterocycles. The third-order valence-corrected chi connectivity index (χ3v) is 6.47. The molecular formula is C29H37FN2O5. The lowest BCUT2D eigenvalue weighted by Gasteiger charge is -2.27. The second-order valence-corrected chi connectivity index (χ2v) is 8.87. The molecule has 1 aliphatic heterocycles. The summed E-state index contributed by atoms with van der Waals surface area (Å²) >= 11 is 0. The number of ketones is 1. The highest BCUT2D eigenvalue weighted by Crippen LogP contribution is 2.42. The second kappa shape index (κ2) is 13.2. The van der Waals surface area contributed by atoms with Gasteiger partial charge in [0.15, 0.2) is 11.5 Å². The normalized spacial score (nSPS) is 17.0. The van der Waals surface area contributed by atoms with Gasteiger partial charge in [-0.15, -0.1) is 0 Å². The average molecular weight is 513 g/mol. The van der Waals surface area contributed by atoms with E-state index in [1.54, 1.807) is 18.2 Å². The minimum Gasteiger partial charge on any atom is -0.507 e. The smallest absolute Gasteiger partial charge is 0.295 e. The Morgan fingerprint density at radius 1 is 1.00 bits per heavy atom. The molecule has 2 aromatic carbocycles. The molecule has 0 spiro atoms. The molecule has 0 bridgehead atoms. The van der Waals surface area contributed by atoms with Gasteiger partial charge in [-0.3, -0.25) is 9.59 Å². The third kappa shape index (κ3) is 6.49. The molecule has 1 amide bonds. The predicted molar refractivity (Wildman–Crippen MR) is 141 cm³/mol. The average Bonchev–Trinajstić information content (AvgIpc) is 3.15. The van der Waals surface area contributed by atoms with Crippen LogP contribution < -0.4 is 9.47 Å². The molecule has 0 saturated carbocycles. The quantitative estimate of drug-likeness (QED) is 0.227. The maximum Gasteiger partial charge on any atom is 0.295 e. The minimum atomic E-state index is -0.818. The fourth-order valence-electron chi connectivity index (χ4n) is 4.52.